The van der Waals surface area contributed by atoms with Crippen LogP contribution in [0.3, 0.4) is 0 Å². The lowest BCUT2D eigenvalue weighted by molar-refractivity contribution is -0.179. The van der Waals surface area contributed by atoms with Crippen LogP contribution in [0.5, 0.6) is 0 Å². The highest BCUT2D eigenvalue weighted by Crippen LogP contribution is 2.34. The van der Waals surface area contributed by atoms with Gasteiger partial charge in [0.05, 0.1) is 29.5 Å². The maximum atomic E-state index is 12.8. The highest BCUT2D eigenvalue weighted by Gasteiger charge is 2.51. The van der Waals surface area contributed by atoms with Gasteiger partial charge in [0.15, 0.2) is 6.29 Å². The van der Waals surface area contributed by atoms with Crippen molar-refractivity contribution in [2.24, 2.45) is 0 Å². The van der Waals surface area contributed by atoms with E-state index in [1.807, 2.05) is 37.3 Å². The third kappa shape index (κ3) is 4.10. The van der Waals surface area contributed by atoms with E-state index in [0.29, 0.717) is 6.61 Å². The molecule has 2 aliphatic heterocycles. The van der Waals surface area contributed by atoms with Gasteiger partial charge in [-0.3, -0.25) is 0 Å². The van der Waals surface area contributed by atoms with Crippen LogP contribution in [-0.2, 0) is 30.8 Å². The summed E-state index contributed by atoms with van der Waals surface area (Å²) in [6, 6.07) is 15.7. The lowest BCUT2D eigenvalue weighted by atomic mass is 10.0. The number of ether oxygens (including phenoxy) is 3. The maximum absolute atomic E-state index is 12.8. The summed E-state index contributed by atoms with van der Waals surface area (Å²) in [4.78, 5) is 0.185. The molecule has 28 heavy (non-hydrogen) atoms. The summed E-state index contributed by atoms with van der Waals surface area (Å²) in [7, 11) is -3.75. The van der Waals surface area contributed by atoms with E-state index in [9.17, 15) is 8.42 Å². The predicted molar refractivity (Wildman–Crippen MR) is 105 cm³/mol. The minimum atomic E-state index is -3.75. The Labute approximate surface area is 169 Å². The van der Waals surface area contributed by atoms with Gasteiger partial charge < -0.3 is 14.2 Å². The van der Waals surface area contributed by atoms with Crippen LogP contribution in [0.2, 0.25) is 0 Å². The van der Waals surface area contributed by atoms with Crippen LogP contribution in [0.25, 0.3) is 0 Å². The first-order chi connectivity index (χ1) is 13.4. The Balaban J connectivity index is 1.49. The molecule has 2 heterocycles. The third-order valence-corrected chi connectivity index (χ3v) is 6.96. The summed E-state index contributed by atoms with van der Waals surface area (Å²) in [6.45, 7) is 2.50. The van der Waals surface area contributed by atoms with Gasteiger partial charge in [0.1, 0.15) is 12.2 Å². The zero-order valence-electron chi connectivity index (χ0n) is 15.3. The normalized spacial score (nSPS) is 29.7. The van der Waals surface area contributed by atoms with E-state index in [1.165, 1.54) is 0 Å². The molecule has 8 heteroatoms. The molecule has 2 bridgehead atoms. The molecule has 5 atom stereocenters. The van der Waals surface area contributed by atoms with Crippen LogP contribution >= 0.6 is 11.6 Å². The van der Waals surface area contributed by atoms with Crippen molar-refractivity contribution in [2.75, 3.05) is 6.61 Å². The number of hydrogen-bond donors (Lipinski definition) is 1. The van der Waals surface area contributed by atoms with Crippen LogP contribution in [-0.4, -0.2) is 44.9 Å². The number of benzene rings is 2. The molecule has 0 spiro atoms. The standard InChI is InChI=1S/C20H22ClNO5S/c1-13-7-9-15(10-8-13)28(23,24)22-18-16-12-26-20(27-16)19(17(18)21)25-11-14-5-3-2-4-6-14/h2-10,16-20,22H,11-12H2,1H3/t16-,17+,18-,19-,20-/m1/s1. The smallest absolute Gasteiger partial charge is 0.240 e. The van der Waals surface area contributed by atoms with Gasteiger partial charge in [-0.25, -0.2) is 13.1 Å². The van der Waals surface area contributed by atoms with Crippen molar-refractivity contribution in [1.29, 1.82) is 0 Å². The molecule has 6 nitrogen and oxygen atoms in total. The number of fused-ring (bicyclic) bond motifs is 2. The Hall–Kier alpha value is -1.48. The van der Waals surface area contributed by atoms with Gasteiger partial charge >= 0.3 is 0 Å². The minimum Gasteiger partial charge on any atom is -0.367 e. The van der Waals surface area contributed by atoms with E-state index in [0.717, 1.165) is 11.1 Å². The van der Waals surface area contributed by atoms with Crippen molar-refractivity contribution in [3.05, 3.63) is 65.7 Å². The Morgan fingerprint density at radius 1 is 1.14 bits per heavy atom. The fraction of sp³-hybridized carbons (Fsp3) is 0.400. The molecule has 1 N–H and O–H groups in total. The van der Waals surface area contributed by atoms with Gasteiger partial charge in [-0.15, -0.1) is 11.6 Å². The number of sulfonamides is 1. The van der Waals surface area contributed by atoms with Crippen LogP contribution in [0.1, 0.15) is 11.1 Å². The second kappa shape index (κ2) is 8.10. The SMILES string of the molecule is Cc1ccc(S(=O)(=O)N[C@H]2[C@H](Cl)[C@@H](OCc3ccccc3)[C@@H]3OC[C@H]2O3)cc1. The highest BCUT2D eigenvalue weighted by atomic mass is 35.5. The van der Waals surface area contributed by atoms with E-state index in [2.05, 4.69) is 4.72 Å². The molecule has 2 aromatic rings. The number of halogens is 1. The van der Waals surface area contributed by atoms with Crippen molar-refractivity contribution in [2.45, 2.75) is 48.3 Å². The molecule has 0 amide bonds. The van der Waals surface area contributed by atoms with E-state index < -0.39 is 39.9 Å². The molecular weight excluding hydrogens is 402 g/mol. The molecule has 2 aliphatic rings. The lowest BCUT2D eigenvalue weighted by Gasteiger charge is -2.37. The predicted octanol–water partition coefficient (Wildman–Crippen LogP) is 2.59. The van der Waals surface area contributed by atoms with Crippen LogP contribution in [0, 0.1) is 6.92 Å². The molecule has 2 saturated heterocycles. The molecule has 2 aromatic carbocycles. The van der Waals surface area contributed by atoms with Crippen LogP contribution in [0.15, 0.2) is 59.5 Å². The molecule has 0 aromatic heterocycles. The lowest BCUT2D eigenvalue weighted by Crippen LogP contribution is -2.59. The average molecular weight is 424 g/mol. The Kier molecular flexibility index (Phi) is 5.73. The first kappa shape index (κ1) is 19.8. The largest absolute Gasteiger partial charge is 0.367 e. The van der Waals surface area contributed by atoms with Crippen molar-refractivity contribution in [1.82, 2.24) is 4.72 Å². The van der Waals surface area contributed by atoms with Crippen LogP contribution < -0.4 is 4.72 Å². The summed E-state index contributed by atoms with van der Waals surface area (Å²) in [5.41, 5.74) is 1.97. The number of alkyl halides is 1. The number of hydrogen-bond acceptors (Lipinski definition) is 5. The second-order valence-corrected chi connectivity index (χ2v) is 9.26. The van der Waals surface area contributed by atoms with E-state index >= 15 is 0 Å². The summed E-state index contributed by atoms with van der Waals surface area (Å²) in [5, 5.41) is -0.629. The van der Waals surface area contributed by atoms with E-state index in [1.54, 1.807) is 24.3 Å². The number of aryl methyl sites for hydroxylation is 1. The molecule has 0 unspecified atom stereocenters. The first-order valence-electron chi connectivity index (χ1n) is 9.10. The first-order valence-corrected chi connectivity index (χ1v) is 11.0. The van der Waals surface area contributed by atoms with Gasteiger partial charge in [0, 0.05) is 0 Å². The van der Waals surface area contributed by atoms with Crippen molar-refractivity contribution in [3.8, 4) is 0 Å². The highest BCUT2D eigenvalue weighted by molar-refractivity contribution is 7.89. The summed E-state index contributed by atoms with van der Waals surface area (Å²) >= 11 is 6.65. The van der Waals surface area contributed by atoms with Crippen molar-refractivity contribution < 1.29 is 22.6 Å². The fourth-order valence-corrected chi connectivity index (χ4v) is 5.18. The monoisotopic (exact) mass is 423 g/mol. The molecule has 2 fully saturated rings. The average Bonchev–Trinajstić information content (AvgIpc) is 3.12. The van der Waals surface area contributed by atoms with Gasteiger partial charge in [0.25, 0.3) is 0 Å². The molecule has 0 radical (unpaired) electrons. The summed E-state index contributed by atoms with van der Waals surface area (Å²) < 4.78 is 45.7. The zero-order valence-corrected chi connectivity index (χ0v) is 16.9. The Bertz CT molecular complexity index is 906. The van der Waals surface area contributed by atoms with Crippen molar-refractivity contribution in [3.63, 3.8) is 0 Å². The second-order valence-electron chi connectivity index (χ2n) is 7.04. The topological polar surface area (TPSA) is 73.9 Å². The van der Waals surface area contributed by atoms with Crippen molar-refractivity contribution >= 4 is 21.6 Å². The Morgan fingerprint density at radius 2 is 1.86 bits per heavy atom. The molecule has 4 rings (SSSR count). The third-order valence-electron chi connectivity index (χ3n) is 4.97. The summed E-state index contributed by atoms with van der Waals surface area (Å²) in [5.74, 6) is 0. The fourth-order valence-electron chi connectivity index (χ4n) is 3.40. The number of rotatable bonds is 6. The quantitative estimate of drug-likeness (QED) is 0.723. The van der Waals surface area contributed by atoms with E-state index in [-0.39, 0.29) is 11.5 Å². The molecular formula is C20H22ClNO5S. The molecule has 0 saturated carbocycles. The summed E-state index contributed by atoms with van der Waals surface area (Å²) in [6.07, 6.45) is -1.65. The van der Waals surface area contributed by atoms with Gasteiger partial charge in [-0.1, -0.05) is 48.0 Å². The molecule has 150 valence electrons. The Morgan fingerprint density at radius 3 is 2.57 bits per heavy atom. The van der Waals surface area contributed by atoms with Gasteiger partial charge in [0.2, 0.25) is 10.0 Å². The maximum Gasteiger partial charge on any atom is 0.240 e. The van der Waals surface area contributed by atoms with E-state index in [4.69, 9.17) is 25.8 Å². The molecule has 0 aliphatic carbocycles. The number of nitrogens with one attached hydrogen (secondary N) is 1. The zero-order chi connectivity index (χ0) is 19.7. The van der Waals surface area contributed by atoms with Crippen LogP contribution in [0.4, 0.5) is 0 Å². The van der Waals surface area contributed by atoms with Gasteiger partial charge in [-0.2, -0.15) is 0 Å². The van der Waals surface area contributed by atoms with Gasteiger partial charge in [-0.05, 0) is 24.6 Å². The minimum absolute atomic E-state index is 0.185.